The van der Waals surface area contributed by atoms with E-state index >= 15 is 0 Å². The average Bonchev–Trinajstić information content (AvgIpc) is 3.24. The molecule has 0 N–H and O–H groups in total. The van der Waals surface area contributed by atoms with Gasteiger partial charge in [-0.1, -0.05) is 82.7 Å². The lowest BCUT2D eigenvalue weighted by Crippen LogP contribution is -2.13. The molecule has 2 aromatic carbocycles. The van der Waals surface area contributed by atoms with Gasteiger partial charge >= 0.3 is 0 Å². The van der Waals surface area contributed by atoms with Crippen LogP contribution in [0.2, 0.25) is 0 Å². The smallest absolute Gasteiger partial charge is 0.0669 e. The van der Waals surface area contributed by atoms with Crippen LogP contribution in [0.1, 0.15) is 88.0 Å². The molecule has 0 amide bonds. The number of hydrogen-bond acceptors (Lipinski definition) is 1. The Kier molecular flexibility index (Phi) is 8.67. The summed E-state index contributed by atoms with van der Waals surface area (Å²) in [5, 5.41) is 0. The van der Waals surface area contributed by atoms with Crippen molar-refractivity contribution in [3.8, 4) is 0 Å². The fourth-order valence-electron chi connectivity index (χ4n) is 5.13. The lowest BCUT2D eigenvalue weighted by Gasteiger charge is -2.26. The predicted octanol–water partition coefficient (Wildman–Crippen LogP) is 9.26. The van der Waals surface area contributed by atoms with Gasteiger partial charge in [-0.05, 0) is 90.8 Å². The largest absolute Gasteiger partial charge is 0.252 e. The van der Waals surface area contributed by atoms with Crippen LogP contribution in [0.3, 0.4) is 0 Å². The van der Waals surface area contributed by atoms with E-state index in [2.05, 4.69) is 83.3 Å². The minimum Gasteiger partial charge on any atom is -0.252 e. The van der Waals surface area contributed by atoms with Gasteiger partial charge < -0.3 is 0 Å². The molecule has 1 heteroatoms. The van der Waals surface area contributed by atoms with Crippen LogP contribution in [0, 0.1) is 18.8 Å². The second-order valence-electron chi connectivity index (χ2n) is 9.49. The number of nitrogens with zero attached hydrogens (tertiary/aromatic N) is 1. The molecule has 0 aromatic heterocycles. The first-order valence-corrected chi connectivity index (χ1v) is 12.6. The first-order chi connectivity index (χ1) is 15.5. The van der Waals surface area contributed by atoms with Crippen molar-refractivity contribution in [2.24, 2.45) is 16.8 Å². The zero-order valence-corrected chi connectivity index (χ0v) is 20.7. The predicted molar refractivity (Wildman–Crippen MR) is 142 cm³/mol. The third kappa shape index (κ3) is 5.68. The van der Waals surface area contributed by atoms with Crippen molar-refractivity contribution in [2.75, 3.05) is 0 Å². The summed E-state index contributed by atoms with van der Waals surface area (Å²) < 4.78 is 0. The van der Waals surface area contributed by atoms with E-state index in [0.717, 1.165) is 24.9 Å². The van der Waals surface area contributed by atoms with Crippen LogP contribution in [0.5, 0.6) is 0 Å². The molecule has 1 heterocycles. The topological polar surface area (TPSA) is 12.4 Å². The number of rotatable bonds is 12. The summed E-state index contributed by atoms with van der Waals surface area (Å²) in [5.74, 6) is 1.27. The maximum atomic E-state index is 4.93. The van der Waals surface area contributed by atoms with E-state index in [1.54, 1.807) is 0 Å². The Morgan fingerprint density at radius 2 is 1.66 bits per heavy atom. The van der Waals surface area contributed by atoms with Gasteiger partial charge in [0, 0.05) is 6.42 Å². The fourth-order valence-corrected chi connectivity index (χ4v) is 5.13. The van der Waals surface area contributed by atoms with E-state index in [1.807, 2.05) is 0 Å². The van der Waals surface area contributed by atoms with E-state index in [1.165, 1.54) is 71.2 Å². The van der Waals surface area contributed by atoms with Gasteiger partial charge in [-0.2, -0.15) is 0 Å². The third-order valence-corrected chi connectivity index (χ3v) is 7.17. The van der Waals surface area contributed by atoms with E-state index in [-0.39, 0.29) is 0 Å². The quantitative estimate of drug-likeness (QED) is 0.299. The summed E-state index contributed by atoms with van der Waals surface area (Å²) >= 11 is 0. The molecule has 0 saturated heterocycles. The molecular weight excluding hydrogens is 386 g/mol. The molecule has 0 fully saturated rings. The minimum atomic E-state index is 0.604. The van der Waals surface area contributed by atoms with E-state index < -0.39 is 0 Å². The Morgan fingerprint density at radius 3 is 2.34 bits per heavy atom. The van der Waals surface area contributed by atoms with Crippen LogP contribution in [0.4, 0.5) is 5.69 Å². The van der Waals surface area contributed by atoms with Crippen molar-refractivity contribution in [2.45, 2.75) is 79.1 Å². The van der Waals surface area contributed by atoms with Crippen molar-refractivity contribution in [3.63, 3.8) is 0 Å². The number of aryl methyl sites for hydroxylation is 1. The van der Waals surface area contributed by atoms with Crippen LogP contribution in [-0.4, -0.2) is 5.71 Å². The van der Waals surface area contributed by atoms with Gasteiger partial charge in [-0.15, -0.1) is 0 Å². The molecule has 170 valence electrons. The Balaban J connectivity index is 1.71. The van der Waals surface area contributed by atoms with Gasteiger partial charge in [-0.25, -0.2) is 0 Å². The standard InChI is InChI=1S/C31H41N/c1-7-12-25(9-3)24(6)26(13-8-2)18-16-22(4)27-19-17-23(5)29(20-27)31-21-28-14-10-11-15-30(28)32-31/h10-11,14-15,17,19-20,25-26H,4,6-9,12-13,16,18,21H2,1-3,5H3. The Hall–Kier alpha value is -2.41. The fraction of sp³-hybridized carbons (Fsp3) is 0.452. The van der Waals surface area contributed by atoms with E-state index in [9.17, 15) is 0 Å². The first kappa shape index (κ1) is 24.2. The third-order valence-electron chi connectivity index (χ3n) is 7.17. The molecule has 0 spiro atoms. The highest BCUT2D eigenvalue weighted by Gasteiger charge is 2.20. The van der Waals surface area contributed by atoms with Gasteiger partial charge in [0.2, 0.25) is 0 Å². The lowest BCUT2D eigenvalue weighted by atomic mass is 9.79. The zero-order valence-electron chi connectivity index (χ0n) is 20.7. The SMILES string of the molecule is C=C(CCC(CCC)C(=C)C(CC)CCC)c1ccc(C)c(C2=Nc3ccccc3C2)c1. The van der Waals surface area contributed by atoms with Crippen molar-refractivity contribution >= 4 is 17.0 Å². The molecule has 0 radical (unpaired) electrons. The number of fused-ring (bicyclic) bond motifs is 1. The second kappa shape index (κ2) is 11.5. The normalized spacial score (nSPS) is 14.6. The molecular formula is C31H41N. The monoisotopic (exact) mass is 427 g/mol. The highest BCUT2D eigenvalue weighted by molar-refractivity contribution is 6.07. The molecule has 32 heavy (non-hydrogen) atoms. The van der Waals surface area contributed by atoms with Gasteiger partial charge in [0.15, 0.2) is 0 Å². The summed E-state index contributed by atoms with van der Waals surface area (Å²) in [6, 6.07) is 15.3. The Labute approximate surface area is 196 Å². The Bertz CT molecular complexity index is 978. The van der Waals surface area contributed by atoms with Crippen molar-refractivity contribution in [1.29, 1.82) is 0 Å². The number of allylic oxidation sites excluding steroid dienone is 2. The molecule has 2 unspecified atom stereocenters. The van der Waals surface area contributed by atoms with Crippen molar-refractivity contribution in [1.82, 2.24) is 0 Å². The maximum Gasteiger partial charge on any atom is 0.0669 e. The number of benzene rings is 2. The zero-order chi connectivity index (χ0) is 23.1. The molecule has 0 saturated carbocycles. The minimum absolute atomic E-state index is 0.604. The van der Waals surface area contributed by atoms with Gasteiger partial charge in [-0.3, -0.25) is 4.99 Å². The summed E-state index contributed by atoms with van der Waals surface area (Å²) in [6.07, 6.45) is 9.27. The number of para-hydroxylation sites is 1. The van der Waals surface area contributed by atoms with Gasteiger partial charge in [0.1, 0.15) is 0 Å². The molecule has 1 aliphatic heterocycles. The maximum absolute atomic E-state index is 4.93. The first-order valence-electron chi connectivity index (χ1n) is 12.6. The van der Waals surface area contributed by atoms with E-state index in [4.69, 9.17) is 4.99 Å². The molecule has 2 aromatic rings. The molecule has 0 aliphatic carbocycles. The van der Waals surface area contributed by atoms with E-state index in [0.29, 0.717) is 11.8 Å². The molecule has 2 atom stereocenters. The molecule has 0 bridgehead atoms. The summed E-state index contributed by atoms with van der Waals surface area (Å²) in [4.78, 5) is 4.93. The molecule has 1 aliphatic rings. The molecule has 1 nitrogen and oxygen atoms in total. The summed E-state index contributed by atoms with van der Waals surface area (Å²) in [7, 11) is 0. The van der Waals surface area contributed by atoms with Gasteiger partial charge in [0.05, 0.1) is 11.4 Å². The number of aliphatic imine (C=N–C) groups is 1. The lowest BCUT2D eigenvalue weighted by molar-refractivity contribution is 0.423. The van der Waals surface area contributed by atoms with Crippen LogP contribution in [-0.2, 0) is 6.42 Å². The van der Waals surface area contributed by atoms with Crippen LogP contribution in [0.15, 0.2) is 66.2 Å². The highest BCUT2D eigenvalue weighted by atomic mass is 14.8. The Morgan fingerprint density at radius 1 is 0.938 bits per heavy atom. The van der Waals surface area contributed by atoms with Crippen LogP contribution in [0.25, 0.3) is 5.57 Å². The van der Waals surface area contributed by atoms with Crippen LogP contribution < -0.4 is 0 Å². The van der Waals surface area contributed by atoms with Crippen molar-refractivity contribution in [3.05, 3.63) is 83.4 Å². The molecule has 3 rings (SSSR count). The summed E-state index contributed by atoms with van der Waals surface area (Å²) in [6.45, 7) is 18.1. The second-order valence-corrected chi connectivity index (χ2v) is 9.49. The average molecular weight is 428 g/mol. The van der Waals surface area contributed by atoms with Crippen molar-refractivity contribution < 1.29 is 0 Å². The summed E-state index contributed by atoms with van der Waals surface area (Å²) in [5.41, 5.74) is 10.1. The highest BCUT2D eigenvalue weighted by Crippen LogP contribution is 2.35. The van der Waals surface area contributed by atoms with Crippen LogP contribution >= 0.6 is 0 Å². The van der Waals surface area contributed by atoms with Gasteiger partial charge in [0.25, 0.3) is 0 Å². The number of hydrogen-bond donors (Lipinski definition) is 0.